The van der Waals surface area contributed by atoms with Crippen molar-refractivity contribution in [3.8, 4) is 0 Å². The van der Waals surface area contributed by atoms with Crippen LogP contribution in [0, 0.1) is 6.92 Å². The van der Waals surface area contributed by atoms with E-state index in [1.165, 1.54) is 12.8 Å². The first-order valence-corrected chi connectivity index (χ1v) is 2.91. The summed E-state index contributed by atoms with van der Waals surface area (Å²) in [4.78, 5) is 0. The van der Waals surface area contributed by atoms with Gasteiger partial charge in [-0.3, -0.25) is 0 Å². The molecule has 0 aromatic rings. The Hall–Kier alpha value is -0.170. The van der Waals surface area contributed by atoms with Crippen LogP contribution < -0.4 is 5.73 Å². The third-order valence-electron chi connectivity index (χ3n) is 0.954. The molecule has 2 N–H and O–H groups in total. The zero-order chi connectivity index (χ0) is 5.54. The van der Waals surface area contributed by atoms with Gasteiger partial charge in [-0.25, -0.2) is 0 Å². The predicted octanol–water partition coefficient (Wildman–Crippen LogP) is 1.34. The molecule has 0 fully saturated rings. The van der Waals surface area contributed by atoms with Crippen LogP contribution in [0.1, 0.15) is 25.7 Å². The lowest BCUT2D eigenvalue weighted by Crippen LogP contribution is -1.97. The van der Waals surface area contributed by atoms with E-state index in [1.54, 1.807) is 0 Å². The molecule has 0 spiro atoms. The van der Waals surface area contributed by atoms with Gasteiger partial charge in [0, 0.05) is 0 Å². The van der Waals surface area contributed by atoms with Gasteiger partial charge in [-0.2, -0.15) is 0 Å². The Labute approximate surface area is 45.9 Å². The molecule has 7 heavy (non-hydrogen) atoms. The lowest BCUT2D eigenvalue weighted by Gasteiger charge is -1.88. The van der Waals surface area contributed by atoms with E-state index in [-0.39, 0.29) is 0 Å². The molecule has 0 aromatic heterocycles. The molecule has 0 aromatic carbocycles. The first-order valence-electron chi connectivity index (χ1n) is 2.91. The Morgan fingerprint density at radius 3 is 2.29 bits per heavy atom. The highest BCUT2D eigenvalue weighted by atomic mass is 14.5. The normalized spacial score (nSPS) is 9.29. The Kier molecular flexibility index (Phi) is 5.69. The van der Waals surface area contributed by atoms with Crippen molar-refractivity contribution in [2.24, 2.45) is 5.73 Å². The molecule has 1 nitrogen and oxygen atoms in total. The molecule has 0 heterocycles. The average Bonchev–Trinajstić information content (AvgIpc) is 1.69. The van der Waals surface area contributed by atoms with Crippen molar-refractivity contribution >= 4 is 0 Å². The van der Waals surface area contributed by atoms with Crippen LogP contribution in [0.25, 0.3) is 0 Å². The van der Waals surface area contributed by atoms with Crippen LogP contribution in [-0.2, 0) is 0 Å². The first-order chi connectivity index (χ1) is 3.41. The molecule has 0 atom stereocenters. The average molecular weight is 100 g/mol. The second-order valence-corrected chi connectivity index (χ2v) is 1.70. The largest absolute Gasteiger partial charge is 0.330 e. The summed E-state index contributed by atoms with van der Waals surface area (Å²) in [5.41, 5.74) is 5.25. The number of hydrogen-bond acceptors (Lipinski definition) is 1. The van der Waals surface area contributed by atoms with E-state index in [4.69, 9.17) is 5.73 Å². The fourth-order valence-electron chi connectivity index (χ4n) is 0.498. The zero-order valence-corrected chi connectivity index (χ0v) is 4.82. The molecule has 0 unspecified atom stereocenters. The molecule has 0 saturated carbocycles. The molecule has 1 heteroatoms. The summed E-state index contributed by atoms with van der Waals surface area (Å²) in [5.74, 6) is 0. The van der Waals surface area contributed by atoms with Gasteiger partial charge >= 0.3 is 0 Å². The Morgan fingerprint density at radius 1 is 1.14 bits per heavy atom. The van der Waals surface area contributed by atoms with E-state index in [2.05, 4.69) is 6.92 Å². The third-order valence-corrected chi connectivity index (χ3v) is 0.954. The van der Waals surface area contributed by atoms with Crippen molar-refractivity contribution < 1.29 is 0 Å². The minimum absolute atomic E-state index is 0.833. The fraction of sp³-hybridized carbons (Fsp3) is 0.833. The van der Waals surface area contributed by atoms with Gasteiger partial charge in [-0.15, -0.1) is 0 Å². The van der Waals surface area contributed by atoms with Crippen molar-refractivity contribution in [1.29, 1.82) is 0 Å². The molecule has 0 saturated heterocycles. The van der Waals surface area contributed by atoms with Crippen LogP contribution in [0.2, 0.25) is 0 Å². The second kappa shape index (κ2) is 5.83. The standard InChI is InChI=1S/C6H14N/c1-2-3-4-5-6-7/h1-7H2/q+1. The van der Waals surface area contributed by atoms with Gasteiger partial charge in [0.2, 0.25) is 0 Å². The Balaban J connectivity index is 2.45. The van der Waals surface area contributed by atoms with Gasteiger partial charge in [0.25, 0.3) is 0 Å². The maximum absolute atomic E-state index is 5.25. The van der Waals surface area contributed by atoms with Crippen LogP contribution in [0.5, 0.6) is 0 Å². The summed E-state index contributed by atoms with van der Waals surface area (Å²) in [5, 5.41) is 0. The number of nitrogens with two attached hydrogens (primary N) is 1. The zero-order valence-electron chi connectivity index (χ0n) is 4.82. The van der Waals surface area contributed by atoms with Gasteiger partial charge in [0.15, 0.2) is 0 Å². The van der Waals surface area contributed by atoms with E-state index in [1.807, 2.05) is 0 Å². The van der Waals surface area contributed by atoms with Gasteiger partial charge in [-0.05, 0) is 25.8 Å². The quantitative estimate of drug-likeness (QED) is 0.418. The van der Waals surface area contributed by atoms with Crippen LogP contribution in [0.4, 0.5) is 0 Å². The van der Waals surface area contributed by atoms with Gasteiger partial charge in [0.1, 0.15) is 0 Å². The van der Waals surface area contributed by atoms with Gasteiger partial charge in [0.05, 0.1) is 13.3 Å². The molecule has 0 aliphatic heterocycles. The highest BCUT2D eigenvalue weighted by molar-refractivity contribution is 4.43. The lowest BCUT2D eigenvalue weighted by atomic mass is 10.2. The van der Waals surface area contributed by atoms with E-state index in [9.17, 15) is 0 Å². The van der Waals surface area contributed by atoms with Crippen LogP contribution in [-0.4, -0.2) is 6.54 Å². The molecule has 0 bridgehead atoms. The van der Waals surface area contributed by atoms with Crippen LogP contribution >= 0.6 is 0 Å². The summed E-state index contributed by atoms with van der Waals surface area (Å²) >= 11 is 0. The third kappa shape index (κ3) is 5.83. The van der Waals surface area contributed by atoms with E-state index in [0.717, 1.165) is 19.4 Å². The maximum Gasteiger partial charge on any atom is 0.0850 e. The summed E-state index contributed by atoms with van der Waals surface area (Å²) in [6.45, 7) is 4.55. The van der Waals surface area contributed by atoms with Crippen molar-refractivity contribution in [2.75, 3.05) is 6.54 Å². The summed E-state index contributed by atoms with van der Waals surface area (Å²) in [7, 11) is 0. The molecule has 0 aliphatic rings. The van der Waals surface area contributed by atoms with Crippen molar-refractivity contribution in [1.82, 2.24) is 0 Å². The number of unbranched alkanes of at least 4 members (excludes halogenated alkanes) is 3. The maximum atomic E-state index is 5.25. The molecular formula is C6H14N+. The molecule has 0 rings (SSSR count). The SMILES string of the molecule is [CH2+]CCCCCN. The van der Waals surface area contributed by atoms with Crippen molar-refractivity contribution in [2.45, 2.75) is 25.7 Å². The van der Waals surface area contributed by atoms with E-state index < -0.39 is 0 Å². The first kappa shape index (κ1) is 6.83. The number of hydrogen-bond donors (Lipinski definition) is 1. The number of rotatable bonds is 4. The summed E-state index contributed by atoms with van der Waals surface area (Å²) in [6.07, 6.45) is 4.70. The molecule has 0 aliphatic carbocycles. The smallest absolute Gasteiger partial charge is 0.0850 e. The highest BCUT2D eigenvalue weighted by Gasteiger charge is 1.83. The minimum atomic E-state index is 0.833. The summed E-state index contributed by atoms with van der Waals surface area (Å²) in [6, 6.07) is 0. The van der Waals surface area contributed by atoms with Crippen molar-refractivity contribution in [3.63, 3.8) is 0 Å². The highest BCUT2D eigenvalue weighted by Crippen LogP contribution is 1.95. The second-order valence-electron chi connectivity index (χ2n) is 1.70. The Bertz CT molecular complexity index is 23.4. The molecular weight excluding hydrogens is 86.1 g/mol. The van der Waals surface area contributed by atoms with Gasteiger partial charge < -0.3 is 5.73 Å². The molecule has 0 radical (unpaired) electrons. The van der Waals surface area contributed by atoms with Crippen LogP contribution in [0.15, 0.2) is 0 Å². The topological polar surface area (TPSA) is 26.0 Å². The Morgan fingerprint density at radius 2 is 1.86 bits per heavy atom. The van der Waals surface area contributed by atoms with Crippen LogP contribution in [0.3, 0.4) is 0 Å². The predicted molar refractivity (Wildman–Crippen MR) is 32.9 cm³/mol. The monoisotopic (exact) mass is 100 g/mol. The lowest BCUT2D eigenvalue weighted by molar-refractivity contribution is 0.694. The fourth-order valence-corrected chi connectivity index (χ4v) is 0.498. The molecule has 0 amide bonds. The van der Waals surface area contributed by atoms with Crippen molar-refractivity contribution in [3.05, 3.63) is 6.92 Å². The molecule has 42 valence electrons. The minimum Gasteiger partial charge on any atom is -0.330 e. The van der Waals surface area contributed by atoms with E-state index >= 15 is 0 Å². The van der Waals surface area contributed by atoms with Gasteiger partial charge in [-0.1, -0.05) is 0 Å². The van der Waals surface area contributed by atoms with E-state index in [0.29, 0.717) is 0 Å². The summed E-state index contributed by atoms with van der Waals surface area (Å²) < 4.78 is 0.